The average molecular weight is 361 g/mol. The van der Waals surface area contributed by atoms with Crippen LogP contribution in [0.4, 0.5) is 0 Å². The summed E-state index contributed by atoms with van der Waals surface area (Å²) in [7, 11) is 0. The van der Waals surface area contributed by atoms with E-state index in [-0.39, 0.29) is 19.1 Å². The molecule has 1 aliphatic heterocycles. The molecule has 0 aliphatic carbocycles. The Hall–Kier alpha value is -2.21. The van der Waals surface area contributed by atoms with Crippen LogP contribution in [-0.2, 0) is 30.5 Å². The van der Waals surface area contributed by atoms with Crippen LogP contribution in [0, 0.1) is 5.92 Å². The molecule has 1 aliphatic rings. The van der Waals surface area contributed by atoms with E-state index in [1.807, 2.05) is 30.3 Å². The van der Waals surface area contributed by atoms with E-state index in [9.17, 15) is 14.4 Å². The number of hydrogen-bond acceptors (Lipinski definition) is 5. The number of likely N-dealkylation sites (tertiary alicyclic amines) is 1. The molecule has 2 rings (SSSR count). The number of hydrogen-bond donors (Lipinski definition) is 0. The molecule has 1 heterocycles. The highest BCUT2D eigenvalue weighted by atomic mass is 16.6. The highest BCUT2D eigenvalue weighted by molar-refractivity contribution is 6.11. The fourth-order valence-electron chi connectivity index (χ4n) is 3.09. The minimum absolute atomic E-state index is 0.0750. The van der Waals surface area contributed by atoms with Gasteiger partial charge in [0.05, 0.1) is 13.2 Å². The molecule has 0 N–H and O–H groups in total. The van der Waals surface area contributed by atoms with Crippen LogP contribution in [-0.4, -0.2) is 41.4 Å². The monoisotopic (exact) mass is 361 g/mol. The summed E-state index contributed by atoms with van der Waals surface area (Å²) in [6.45, 7) is 5.65. The van der Waals surface area contributed by atoms with Crippen molar-refractivity contribution < 1.29 is 23.9 Å². The summed E-state index contributed by atoms with van der Waals surface area (Å²) >= 11 is 0. The molecule has 0 saturated carbocycles. The molecular formula is C20H27NO5. The first kappa shape index (κ1) is 20.1. The maximum atomic E-state index is 13.3. The van der Waals surface area contributed by atoms with Gasteiger partial charge in [0, 0.05) is 18.9 Å². The van der Waals surface area contributed by atoms with Crippen LogP contribution >= 0.6 is 0 Å². The molecule has 26 heavy (non-hydrogen) atoms. The van der Waals surface area contributed by atoms with Gasteiger partial charge in [-0.3, -0.25) is 14.5 Å². The van der Waals surface area contributed by atoms with E-state index in [0.29, 0.717) is 13.0 Å². The second kappa shape index (κ2) is 8.94. The average Bonchev–Trinajstić information content (AvgIpc) is 2.63. The van der Waals surface area contributed by atoms with Gasteiger partial charge in [-0.1, -0.05) is 44.2 Å². The van der Waals surface area contributed by atoms with Gasteiger partial charge in [0.15, 0.2) is 0 Å². The number of carbonyl (C=O) groups is 3. The molecule has 0 bridgehead atoms. The number of imide groups is 1. The summed E-state index contributed by atoms with van der Waals surface area (Å²) in [5.74, 6) is -2.12. The second-order valence-electron chi connectivity index (χ2n) is 6.69. The van der Waals surface area contributed by atoms with Gasteiger partial charge < -0.3 is 9.47 Å². The predicted molar refractivity (Wildman–Crippen MR) is 96.0 cm³/mol. The van der Waals surface area contributed by atoms with Crippen LogP contribution in [0.1, 0.15) is 45.6 Å². The third kappa shape index (κ3) is 4.12. The number of piperidine rings is 1. The van der Waals surface area contributed by atoms with Gasteiger partial charge in [0.1, 0.15) is 0 Å². The Balaban J connectivity index is 2.36. The standard InChI is InChI=1S/C20H27NO5/c1-4-25-19(24)20(15(2)3,26-14-16-10-6-5-7-11-16)18(23)21-13-9-8-12-17(21)22/h5-7,10-11,15H,4,8-9,12-14H2,1-3H3. The van der Waals surface area contributed by atoms with Crippen LogP contribution in [0.2, 0.25) is 0 Å². The first-order valence-electron chi connectivity index (χ1n) is 9.13. The Kier molecular flexibility index (Phi) is 6.91. The number of ether oxygens (including phenoxy) is 2. The van der Waals surface area contributed by atoms with E-state index >= 15 is 0 Å². The molecule has 1 aromatic rings. The first-order valence-corrected chi connectivity index (χ1v) is 9.13. The van der Waals surface area contributed by atoms with Gasteiger partial charge >= 0.3 is 5.97 Å². The minimum Gasteiger partial charge on any atom is -0.463 e. The van der Waals surface area contributed by atoms with Crippen LogP contribution in [0.25, 0.3) is 0 Å². The van der Waals surface area contributed by atoms with E-state index in [1.54, 1.807) is 20.8 Å². The third-order valence-electron chi connectivity index (χ3n) is 4.59. The fourth-order valence-corrected chi connectivity index (χ4v) is 3.09. The van der Waals surface area contributed by atoms with E-state index in [2.05, 4.69) is 0 Å². The van der Waals surface area contributed by atoms with Crippen molar-refractivity contribution in [2.24, 2.45) is 5.92 Å². The van der Waals surface area contributed by atoms with Gasteiger partial charge in [-0.05, 0) is 25.3 Å². The number of esters is 1. The highest BCUT2D eigenvalue weighted by Crippen LogP contribution is 2.30. The topological polar surface area (TPSA) is 72.9 Å². The summed E-state index contributed by atoms with van der Waals surface area (Å²) in [6, 6.07) is 9.30. The normalized spacial score (nSPS) is 17.1. The van der Waals surface area contributed by atoms with Crippen molar-refractivity contribution in [3.05, 3.63) is 35.9 Å². The van der Waals surface area contributed by atoms with E-state index < -0.39 is 23.4 Å². The van der Waals surface area contributed by atoms with Gasteiger partial charge in [-0.2, -0.15) is 0 Å². The van der Waals surface area contributed by atoms with Gasteiger partial charge in [-0.15, -0.1) is 0 Å². The van der Waals surface area contributed by atoms with Gasteiger partial charge in [0.2, 0.25) is 11.5 Å². The molecule has 1 aromatic carbocycles. The first-order chi connectivity index (χ1) is 12.4. The van der Waals surface area contributed by atoms with Crippen LogP contribution in [0.15, 0.2) is 30.3 Å². The molecule has 2 amide bonds. The number of nitrogens with zero attached hydrogens (tertiary/aromatic N) is 1. The lowest BCUT2D eigenvalue weighted by Crippen LogP contribution is -2.61. The van der Waals surface area contributed by atoms with Crippen molar-refractivity contribution in [2.75, 3.05) is 13.2 Å². The molecule has 142 valence electrons. The lowest BCUT2D eigenvalue weighted by molar-refractivity contribution is -0.193. The van der Waals surface area contributed by atoms with Gasteiger partial charge in [0.25, 0.3) is 5.91 Å². The Morgan fingerprint density at radius 3 is 2.46 bits per heavy atom. The zero-order chi connectivity index (χ0) is 19.2. The molecule has 6 nitrogen and oxygen atoms in total. The summed E-state index contributed by atoms with van der Waals surface area (Å²) in [6.07, 6.45) is 1.79. The summed E-state index contributed by atoms with van der Waals surface area (Å²) in [5.41, 5.74) is -1.00. The van der Waals surface area contributed by atoms with Crippen molar-refractivity contribution >= 4 is 17.8 Å². The predicted octanol–water partition coefficient (Wildman–Crippen LogP) is 2.70. The molecule has 1 saturated heterocycles. The number of rotatable bonds is 7. The zero-order valence-corrected chi connectivity index (χ0v) is 15.7. The SMILES string of the molecule is CCOC(=O)C(OCc1ccccc1)(C(=O)N1CCCCC1=O)C(C)C. The lowest BCUT2D eigenvalue weighted by Gasteiger charge is -2.38. The quantitative estimate of drug-likeness (QED) is 0.551. The molecule has 0 spiro atoms. The molecular weight excluding hydrogens is 334 g/mol. The summed E-state index contributed by atoms with van der Waals surface area (Å²) in [5, 5.41) is 0. The van der Waals surface area contributed by atoms with Crippen LogP contribution in [0.3, 0.4) is 0 Å². The lowest BCUT2D eigenvalue weighted by atomic mass is 9.87. The Morgan fingerprint density at radius 2 is 1.88 bits per heavy atom. The van der Waals surface area contributed by atoms with E-state index in [4.69, 9.17) is 9.47 Å². The molecule has 1 unspecified atom stereocenters. The highest BCUT2D eigenvalue weighted by Gasteiger charge is 2.54. The number of carbonyl (C=O) groups excluding carboxylic acids is 3. The molecule has 1 atom stereocenters. The van der Waals surface area contributed by atoms with Crippen molar-refractivity contribution in [3.8, 4) is 0 Å². The molecule has 0 aromatic heterocycles. The summed E-state index contributed by atoms with van der Waals surface area (Å²) < 4.78 is 11.1. The number of amides is 2. The third-order valence-corrected chi connectivity index (χ3v) is 4.59. The Morgan fingerprint density at radius 1 is 1.19 bits per heavy atom. The fraction of sp³-hybridized carbons (Fsp3) is 0.550. The maximum absolute atomic E-state index is 13.3. The van der Waals surface area contributed by atoms with Crippen molar-refractivity contribution in [1.29, 1.82) is 0 Å². The van der Waals surface area contributed by atoms with Crippen molar-refractivity contribution in [3.63, 3.8) is 0 Å². The van der Waals surface area contributed by atoms with Crippen LogP contribution in [0.5, 0.6) is 0 Å². The zero-order valence-electron chi connectivity index (χ0n) is 15.7. The smallest absolute Gasteiger partial charge is 0.348 e. The van der Waals surface area contributed by atoms with E-state index in [0.717, 1.165) is 23.3 Å². The summed E-state index contributed by atoms with van der Waals surface area (Å²) in [4.78, 5) is 39.5. The Bertz CT molecular complexity index is 643. The van der Waals surface area contributed by atoms with Crippen molar-refractivity contribution in [2.45, 2.75) is 52.2 Å². The molecule has 6 heteroatoms. The largest absolute Gasteiger partial charge is 0.463 e. The second-order valence-corrected chi connectivity index (χ2v) is 6.69. The Labute approximate surface area is 154 Å². The van der Waals surface area contributed by atoms with E-state index in [1.165, 1.54) is 0 Å². The molecule has 0 radical (unpaired) electrons. The maximum Gasteiger partial charge on any atom is 0.348 e. The van der Waals surface area contributed by atoms with Gasteiger partial charge in [-0.25, -0.2) is 4.79 Å². The number of benzene rings is 1. The van der Waals surface area contributed by atoms with Crippen LogP contribution < -0.4 is 0 Å². The molecule has 1 fully saturated rings. The van der Waals surface area contributed by atoms with Crippen molar-refractivity contribution in [1.82, 2.24) is 4.90 Å². The minimum atomic E-state index is -1.83.